The van der Waals surface area contributed by atoms with Crippen molar-refractivity contribution in [1.82, 2.24) is 0 Å². The van der Waals surface area contributed by atoms with Gasteiger partial charge in [-0.3, -0.25) is 0 Å². The highest BCUT2D eigenvalue weighted by Gasteiger charge is 1.86. The summed E-state index contributed by atoms with van der Waals surface area (Å²) < 4.78 is 0. The van der Waals surface area contributed by atoms with E-state index in [1.54, 1.807) is 0 Å². The van der Waals surface area contributed by atoms with Crippen LogP contribution in [0.5, 0.6) is 0 Å². The van der Waals surface area contributed by atoms with Crippen molar-refractivity contribution in [1.29, 1.82) is 0 Å². The SMILES string of the molecule is CC[SiH]([SiH3])Br. The van der Waals surface area contributed by atoms with Gasteiger partial charge in [0.1, 0.15) is 0 Å². The first-order valence-electron chi connectivity index (χ1n) is 1.91. The van der Waals surface area contributed by atoms with Crippen molar-refractivity contribution in [2.24, 2.45) is 0 Å². The maximum Gasteiger partial charge on any atom is 0.0954 e. The van der Waals surface area contributed by atoms with Gasteiger partial charge in [-0.05, 0) is 0 Å². The molecule has 5 heavy (non-hydrogen) atoms. The van der Waals surface area contributed by atoms with E-state index in [-0.39, 0.29) is 6.93 Å². The van der Waals surface area contributed by atoms with Crippen LogP contribution in [-0.2, 0) is 0 Å². The van der Waals surface area contributed by atoms with Gasteiger partial charge >= 0.3 is 0 Å². The molecule has 0 aliphatic carbocycles. The zero-order valence-corrected chi connectivity index (χ0v) is 8.40. The van der Waals surface area contributed by atoms with E-state index in [0.717, 1.165) is 0 Å². The van der Waals surface area contributed by atoms with Crippen LogP contribution in [0.4, 0.5) is 0 Å². The summed E-state index contributed by atoms with van der Waals surface area (Å²) in [4.78, 5) is 0. The van der Waals surface area contributed by atoms with E-state index in [0.29, 0.717) is 0 Å². The third kappa shape index (κ3) is 4.91. The number of rotatable bonds is 1. The van der Waals surface area contributed by atoms with Crippen LogP contribution in [0.15, 0.2) is 0 Å². The van der Waals surface area contributed by atoms with Crippen molar-refractivity contribution in [2.45, 2.75) is 13.0 Å². The molecule has 0 aromatic carbocycles. The van der Waals surface area contributed by atoms with Crippen LogP contribution in [0.25, 0.3) is 0 Å². The average molecular weight is 169 g/mol. The molecule has 0 aromatic rings. The summed E-state index contributed by atoms with van der Waals surface area (Å²) in [5, 5.41) is 0. The van der Waals surface area contributed by atoms with Crippen molar-refractivity contribution in [3.05, 3.63) is 0 Å². The predicted molar refractivity (Wildman–Crippen MR) is 36.5 cm³/mol. The van der Waals surface area contributed by atoms with Crippen molar-refractivity contribution >= 4 is 32.0 Å². The molecule has 0 aliphatic heterocycles. The Labute approximate surface area is 45.4 Å². The Morgan fingerprint density at radius 1 is 2.00 bits per heavy atom. The fourth-order valence-corrected chi connectivity index (χ4v) is 0. The van der Waals surface area contributed by atoms with E-state index < -0.39 is 0 Å². The molecule has 0 radical (unpaired) electrons. The van der Waals surface area contributed by atoms with Gasteiger partial charge in [0.15, 0.2) is 0 Å². The van der Waals surface area contributed by atoms with E-state index >= 15 is 0 Å². The van der Waals surface area contributed by atoms with Crippen LogP contribution in [0.3, 0.4) is 0 Å². The Kier molecular flexibility index (Phi) is 3.69. The maximum absolute atomic E-state index is 3.57. The van der Waals surface area contributed by atoms with Crippen LogP contribution in [0, 0.1) is 0 Å². The van der Waals surface area contributed by atoms with Gasteiger partial charge in [0.05, 0.1) is 6.93 Å². The monoisotopic (exact) mass is 168 g/mol. The highest BCUT2D eigenvalue weighted by molar-refractivity contribution is 9.25. The van der Waals surface area contributed by atoms with E-state index in [1.165, 1.54) is 15.8 Å². The van der Waals surface area contributed by atoms with E-state index in [2.05, 4.69) is 22.2 Å². The minimum atomic E-state index is -0.198. The molecule has 0 aromatic heterocycles. The lowest BCUT2D eigenvalue weighted by Gasteiger charge is -1.84. The van der Waals surface area contributed by atoms with E-state index in [4.69, 9.17) is 0 Å². The van der Waals surface area contributed by atoms with Crippen LogP contribution in [0.2, 0.25) is 6.04 Å². The molecule has 0 rings (SSSR count). The minimum absolute atomic E-state index is 0.198. The van der Waals surface area contributed by atoms with Crippen molar-refractivity contribution in [3.63, 3.8) is 0 Å². The average Bonchev–Trinajstić information content (AvgIpc) is 1.38. The van der Waals surface area contributed by atoms with E-state index in [1.807, 2.05) is 0 Å². The van der Waals surface area contributed by atoms with Gasteiger partial charge < -0.3 is 0 Å². The largest absolute Gasteiger partial charge is 0.135 e. The summed E-state index contributed by atoms with van der Waals surface area (Å²) in [6.07, 6.45) is 0. The first-order chi connectivity index (χ1) is 2.27. The molecule has 1 atom stereocenters. The van der Waals surface area contributed by atoms with Crippen LogP contribution in [-0.4, -0.2) is 16.7 Å². The minimum Gasteiger partial charge on any atom is -0.135 e. The number of halogens is 1. The molecule has 0 spiro atoms. The molecule has 0 saturated carbocycles. The molecule has 0 fully saturated rings. The van der Waals surface area contributed by atoms with Gasteiger partial charge in [-0.25, -0.2) is 0 Å². The summed E-state index contributed by atoms with van der Waals surface area (Å²) in [6, 6.07) is 1.42. The smallest absolute Gasteiger partial charge is 0.0954 e. The predicted octanol–water partition coefficient (Wildman–Crippen LogP) is -0.0129. The second kappa shape index (κ2) is 3.12. The second-order valence-electron chi connectivity index (χ2n) is 1.19. The standard InChI is InChI=1S/C2H9BrSi2/c1-2-5(3)4/h5H,2H2,1,4H3. The van der Waals surface area contributed by atoms with Crippen LogP contribution < -0.4 is 0 Å². The summed E-state index contributed by atoms with van der Waals surface area (Å²) >= 11 is 3.57. The molecular formula is C2H9BrSi2. The topological polar surface area (TPSA) is 0 Å². The second-order valence-corrected chi connectivity index (χ2v) is 17.5. The molecule has 0 N–H and O–H groups in total. The van der Waals surface area contributed by atoms with Gasteiger partial charge in [0, 0.05) is 9.76 Å². The molecule has 1 unspecified atom stereocenters. The fourth-order valence-electron chi connectivity index (χ4n) is 0. The summed E-state index contributed by atoms with van der Waals surface area (Å²) in [5.41, 5.74) is 0. The Morgan fingerprint density at radius 2 is 2.20 bits per heavy atom. The lowest BCUT2D eigenvalue weighted by molar-refractivity contribution is 1.47. The van der Waals surface area contributed by atoms with Gasteiger partial charge in [-0.2, -0.15) is 0 Å². The Hall–Kier alpha value is 0.914. The Morgan fingerprint density at radius 3 is 2.20 bits per heavy atom. The Balaban J connectivity index is 2.54. The van der Waals surface area contributed by atoms with Gasteiger partial charge in [0.2, 0.25) is 0 Å². The van der Waals surface area contributed by atoms with Crippen molar-refractivity contribution < 1.29 is 0 Å². The van der Waals surface area contributed by atoms with Gasteiger partial charge in [-0.1, -0.05) is 13.0 Å². The van der Waals surface area contributed by atoms with Crippen LogP contribution in [0.1, 0.15) is 6.92 Å². The summed E-state index contributed by atoms with van der Waals surface area (Å²) in [5.74, 6) is 0. The van der Waals surface area contributed by atoms with Crippen molar-refractivity contribution in [2.75, 3.05) is 0 Å². The lowest BCUT2D eigenvalue weighted by atomic mass is 11.0. The lowest BCUT2D eigenvalue weighted by Crippen LogP contribution is -1.96. The first-order valence-corrected chi connectivity index (χ1v) is 10.5. The highest BCUT2D eigenvalue weighted by atomic mass is 79.9. The summed E-state index contributed by atoms with van der Waals surface area (Å²) in [7, 11) is 1.43. The van der Waals surface area contributed by atoms with E-state index in [9.17, 15) is 0 Å². The molecule has 0 heterocycles. The molecule has 0 saturated heterocycles. The van der Waals surface area contributed by atoms with Crippen LogP contribution >= 0.6 is 15.3 Å². The number of hydrogen-bond donors (Lipinski definition) is 0. The van der Waals surface area contributed by atoms with Gasteiger partial charge in [-0.15, -0.1) is 15.3 Å². The Bertz CT molecular complexity index is 21.6. The fraction of sp³-hybridized carbons (Fsp3) is 1.00. The normalized spacial score (nSPS) is 15.6. The molecule has 0 aliphatic rings. The third-order valence-corrected chi connectivity index (χ3v) is 6.08. The van der Waals surface area contributed by atoms with Crippen molar-refractivity contribution in [3.8, 4) is 0 Å². The zero-order chi connectivity index (χ0) is 4.28. The molecular weight excluding hydrogens is 160 g/mol. The number of hydrogen-bond acceptors (Lipinski definition) is 0. The molecule has 0 nitrogen and oxygen atoms in total. The quantitative estimate of drug-likeness (QED) is 0.382. The van der Waals surface area contributed by atoms with Gasteiger partial charge in [0.25, 0.3) is 0 Å². The maximum atomic E-state index is 3.57. The third-order valence-electron chi connectivity index (χ3n) is 0.563. The molecule has 3 heteroatoms. The highest BCUT2D eigenvalue weighted by Crippen LogP contribution is 1.90. The zero-order valence-electron chi connectivity index (χ0n) is 3.66. The summed E-state index contributed by atoms with van der Waals surface area (Å²) in [6.45, 7) is 2.05. The molecule has 0 bridgehead atoms. The molecule has 0 amide bonds. The first kappa shape index (κ1) is 5.91. The molecule has 32 valence electrons.